The fourth-order valence-corrected chi connectivity index (χ4v) is 3.32. The van der Waals surface area contributed by atoms with Crippen LogP contribution in [0.5, 0.6) is 11.5 Å². The fraction of sp³-hybridized carbons (Fsp3) is 0.130. The molecule has 0 atom stereocenters. The molecule has 3 aromatic carbocycles. The molecule has 0 unspecified atom stereocenters. The molecule has 7 heteroatoms. The van der Waals surface area contributed by atoms with Crippen molar-refractivity contribution in [2.45, 2.75) is 0 Å². The molecule has 1 saturated heterocycles. The second-order valence-corrected chi connectivity index (χ2v) is 7.26. The minimum absolute atomic E-state index is 0.00874. The van der Waals surface area contributed by atoms with Gasteiger partial charge in [0.05, 0.1) is 0 Å². The molecule has 0 bridgehead atoms. The molecule has 30 heavy (non-hydrogen) atoms. The summed E-state index contributed by atoms with van der Waals surface area (Å²) >= 11 is 5.90. The van der Waals surface area contributed by atoms with Gasteiger partial charge >= 0.3 is 6.03 Å². The second-order valence-electron chi connectivity index (χ2n) is 6.82. The van der Waals surface area contributed by atoms with Crippen LogP contribution in [0.3, 0.4) is 0 Å². The van der Waals surface area contributed by atoms with E-state index in [-0.39, 0.29) is 18.5 Å². The first-order valence-electron chi connectivity index (χ1n) is 9.53. The number of halogens is 1. The first-order chi connectivity index (χ1) is 14.6. The van der Waals surface area contributed by atoms with E-state index in [4.69, 9.17) is 16.3 Å². The largest absolute Gasteiger partial charge is 0.457 e. The highest BCUT2D eigenvalue weighted by Gasteiger charge is 2.30. The number of para-hydroxylation sites is 1. The summed E-state index contributed by atoms with van der Waals surface area (Å²) in [7, 11) is 0. The zero-order chi connectivity index (χ0) is 20.9. The van der Waals surface area contributed by atoms with Crippen molar-refractivity contribution in [3.05, 3.63) is 83.9 Å². The summed E-state index contributed by atoms with van der Waals surface area (Å²) in [5.41, 5.74) is 1.41. The summed E-state index contributed by atoms with van der Waals surface area (Å²) in [4.78, 5) is 28.2. The first-order valence-corrected chi connectivity index (χ1v) is 9.91. The Balaban J connectivity index is 1.31. The van der Waals surface area contributed by atoms with Crippen molar-refractivity contribution in [2.24, 2.45) is 0 Å². The molecular weight excluding hydrogens is 402 g/mol. The molecule has 3 aromatic rings. The number of benzene rings is 3. The molecule has 6 nitrogen and oxygen atoms in total. The van der Waals surface area contributed by atoms with E-state index in [0.29, 0.717) is 29.5 Å². The highest BCUT2D eigenvalue weighted by atomic mass is 35.5. The molecule has 3 amide bonds. The number of ether oxygens (including phenoxy) is 1. The summed E-state index contributed by atoms with van der Waals surface area (Å²) < 4.78 is 5.74. The van der Waals surface area contributed by atoms with Crippen LogP contribution in [0.15, 0.2) is 78.9 Å². The van der Waals surface area contributed by atoms with Crippen molar-refractivity contribution in [3.8, 4) is 11.5 Å². The van der Waals surface area contributed by atoms with Crippen molar-refractivity contribution in [1.29, 1.82) is 0 Å². The molecule has 0 aliphatic carbocycles. The standard InChI is InChI=1S/C23H20ClN3O3/c24-17-6-10-19(11-7-17)27-15-14-26(23(27)29)16-22(28)25-18-8-12-21(13-9-18)30-20-4-2-1-3-5-20/h1-13H,14-16H2,(H,25,28). The zero-order valence-corrected chi connectivity index (χ0v) is 16.9. The van der Waals surface area contributed by atoms with Gasteiger partial charge in [0.2, 0.25) is 5.91 Å². The smallest absolute Gasteiger partial charge is 0.325 e. The number of urea groups is 1. The Morgan fingerprint density at radius 1 is 0.900 bits per heavy atom. The predicted octanol–water partition coefficient (Wildman–Crippen LogP) is 5.01. The average molecular weight is 422 g/mol. The van der Waals surface area contributed by atoms with Gasteiger partial charge in [-0.25, -0.2) is 4.79 Å². The highest BCUT2D eigenvalue weighted by molar-refractivity contribution is 6.30. The van der Waals surface area contributed by atoms with Gasteiger partial charge in [0.1, 0.15) is 18.0 Å². The Hall–Kier alpha value is -3.51. The molecule has 1 N–H and O–H groups in total. The Labute approximate surface area is 179 Å². The third kappa shape index (κ3) is 4.72. The minimum Gasteiger partial charge on any atom is -0.457 e. The first kappa shape index (κ1) is 19.8. The molecule has 152 valence electrons. The van der Waals surface area contributed by atoms with Crippen LogP contribution >= 0.6 is 11.6 Å². The molecule has 0 aromatic heterocycles. The molecule has 4 rings (SSSR count). The topological polar surface area (TPSA) is 61.9 Å². The van der Waals surface area contributed by atoms with Gasteiger partial charge in [-0.05, 0) is 60.7 Å². The number of amides is 3. The number of anilines is 2. The molecule has 1 aliphatic rings. The maximum absolute atomic E-state index is 12.6. The van der Waals surface area contributed by atoms with E-state index in [2.05, 4.69) is 5.32 Å². The van der Waals surface area contributed by atoms with Crippen molar-refractivity contribution in [2.75, 3.05) is 29.9 Å². The van der Waals surface area contributed by atoms with Crippen molar-refractivity contribution >= 4 is 34.9 Å². The summed E-state index contributed by atoms with van der Waals surface area (Å²) in [5, 5.41) is 3.43. The summed E-state index contributed by atoms with van der Waals surface area (Å²) in [6.45, 7) is 1.00. The van der Waals surface area contributed by atoms with Crippen LogP contribution in [0.25, 0.3) is 0 Å². The molecular formula is C23H20ClN3O3. The normalized spacial score (nSPS) is 13.4. The second kappa shape index (κ2) is 8.88. The highest BCUT2D eigenvalue weighted by Crippen LogP contribution is 2.24. The van der Waals surface area contributed by atoms with Gasteiger partial charge in [-0.2, -0.15) is 0 Å². The van der Waals surface area contributed by atoms with E-state index in [1.54, 1.807) is 53.4 Å². The van der Waals surface area contributed by atoms with Crippen molar-refractivity contribution < 1.29 is 14.3 Å². The molecule has 1 fully saturated rings. The van der Waals surface area contributed by atoms with Crippen LogP contribution in [0.1, 0.15) is 0 Å². The number of hydrogen-bond donors (Lipinski definition) is 1. The maximum atomic E-state index is 12.6. The third-order valence-electron chi connectivity index (χ3n) is 4.68. The zero-order valence-electron chi connectivity index (χ0n) is 16.1. The lowest BCUT2D eigenvalue weighted by atomic mass is 10.3. The van der Waals surface area contributed by atoms with Gasteiger partial charge in [-0.3, -0.25) is 9.69 Å². The van der Waals surface area contributed by atoms with Crippen LogP contribution in [-0.2, 0) is 4.79 Å². The van der Waals surface area contributed by atoms with E-state index in [1.807, 2.05) is 30.3 Å². The fourth-order valence-electron chi connectivity index (χ4n) is 3.19. The molecule has 1 heterocycles. The van der Waals surface area contributed by atoms with Crippen LogP contribution in [0.4, 0.5) is 16.2 Å². The van der Waals surface area contributed by atoms with Crippen LogP contribution < -0.4 is 15.0 Å². The van der Waals surface area contributed by atoms with Crippen LogP contribution in [0.2, 0.25) is 5.02 Å². The predicted molar refractivity (Wildman–Crippen MR) is 117 cm³/mol. The van der Waals surface area contributed by atoms with E-state index in [9.17, 15) is 9.59 Å². The third-order valence-corrected chi connectivity index (χ3v) is 4.94. The molecule has 0 spiro atoms. The summed E-state index contributed by atoms with van der Waals surface area (Å²) in [5.74, 6) is 1.16. The number of rotatable bonds is 6. The lowest BCUT2D eigenvalue weighted by Crippen LogP contribution is -2.37. The summed E-state index contributed by atoms with van der Waals surface area (Å²) in [6, 6.07) is 23.4. The molecule has 1 aliphatic heterocycles. The van der Waals surface area contributed by atoms with E-state index in [1.165, 1.54) is 4.90 Å². The van der Waals surface area contributed by atoms with Crippen molar-refractivity contribution in [3.63, 3.8) is 0 Å². The van der Waals surface area contributed by atoms with Gasteiger partial charge in [0, 0.05) is 29.5 Å². The van der Waals surface area contributed by atoms with E-state index >= 15 is 0 Å². The Kier molecular flexibility index (Phi) is 5.86. The number of nitrogens with zero attached hydrogens (tertiary/aromatic N) is 2. The Morgan fingerprint density at radius 2 is 1.57 bits per heavy atom. The van der Waals surface area contributed by atoms with E-state index in [0.717, 1.165) is 11.4 Å². The van der Waals surface area contributed by atoms with E-state index < -0.39 is 0 Å². The minimum atomic E-state index is -0.252. The number of carbonyl (C=O) groups excluding carboxylic acids is 2. The maximum Gasteiger partial charge on any atom is 0.325 e. The van der Waals surface area contributed by atoms with Gasteiger partial charge in [0.15, 0.2) is 0 Å². The van der Waals surface area contributed by atoms with Crippen molar-refractivity contribution in [1.82, 2.24) is 4.90 Å². The van der Waals surface area contributed by atoms with Gasteiger partial charge in [-0.1, -0.05) is 29.8 Å². The Bertz CT molecular complexity index is 1020. The summed E-state index contributed by atoms with van der Waals surface area (Å²) in [6.07, 6.45) is 0. The molecule has 0 saturated carbocycles. The lowest BCUT2D eigenvalue weighted by molar-refractivity contribution is -0.116. The monoisotopic (exact) mass is 421 g/mol. The number of nitrogens with one attached hydrogen (secondary N) is 1. The average Bonchev–Trinajstić information content (AvgIpc) is 3.11. The van der Waals surface area contributed by atoms with Gasteiger partial charge < -0.3 is 15.0 Å². The Morgan fingerprint density at radius 3 is 2.27 bits per heavy atom. The van der Waals surface area contributed by atoms with Crippen LogP contribution in [0, 0.1) is 0 Å². The van der Waals surface area contributed by atoms with Gasteiger partial charge in [-0.15, -0.1) is 0 Å². The van der Waals surface area contributed by atoms with Crippen LogP contribution in [-0.4, -0.2) is 36.5 Å². The number of carbonyl (C=O) groups is 2. The number of hydrogen-bond acceptors (Lipinski definition) is 3. The van der Waals surface area contributed by atoms with Gasteiger partial charge in [0.25, 0.3) is 0 Å². The quantitative estimate of drug-likeness (QED) is 0.608. The SMILES string of the molecule is O=C(CN1CCN(c2ccc(Cl)cc2)C1=O)Nc1ccc(Oc2ccccc2)cc1. The molecule has 0 radical (unpaired) electrons. The lowest BCUT2D eigenvalue weighted by Gasteiger charge is -2.18.